The predicted molar refractivity (Wildman–Crippen MR) is 89.1 cm³/mol. The Kier molecular flexibility index (Phi) is 4.49. The van der Waals surface area contributed by atoms with Gasteiger partial charge in [0.05, 0.1) is 14.0 Å². The molecule has 2 aromatic heterocycles. The molecular formula is C12H6BrF3N2O3S3. The molecule has 3 aromatic rings. The minimum Gasteiger partial charge on any atom is -0.406 e. The predicted octanol–water partition coefficient (Wildman–Crippen LogP) is 4.82. The van der Waals surface area contributed by atoms with Gasteiger partial charge in [-0.05, 0) is 40.2 Å². The molecule has 0 radical (unpaired) electrons. The minimum atomic E-state index is -4.80. The summed E-state index contributed by atoms with van der Waals surface area (Å²) in [6.07, 6.45) is -4.80. The average Bonchev–Trinajstić information content (AvgIpc) is 3.02. The maximum atomic E-state index is 12.2. The lowest BCUT2D eigenvalue weighted by Gasteiger charge is -2.07. The van der Waals surface area contributed by atoms with Gasteiger partial charge in [-0.1, -0.05) is 11.3 Å². The second kappa shape index (κ2) is 6.17. The number of nitrogens with one attached hydrogen (secondary N) is 1. The number of rotatable bonds is 4. The zero-order valence-electron chi connectivity index (χ0n) is 11.3. The molecule has 0 fully saturated rings. The number of sulfonamides is 1. The fourth-order valence-corrected chi connectivity index (χ4v) is 5.89. The Balaban J connectivity index is 1.88. The largest absolute Gasteiger partial charge is 0.573 e. The molecule has 0 amide bonds. The molecule has 0 bridgehead atoms. The molecule has 0 aliphatic rings. The van der Waals surface area contributed by atoms with Crippen molar-refractivity contribution in [1.29, 1.82) is 0 Å². The van der Waals surface area contributed by atoms with Crippen molar-refractivity contribution in [1.82, 2.24) is 4.98 Å². The lowest BCUT2D eigenvalue weighted by Crippen LogP contribution is -2.16. The van der Waals surface area contributed by atoms with E-state index in [1.54, 1.807) is 6.07 Å². The Morgan fingerprint density at radius 2 is 1.92 bits per heavy atom. The van der Waals surface area contributed by atoms with Gasteiger partial charge in [0.25, 0.3) is 10.0 Å². The summed E-state index contributed by atoms with van der Waals surface area (Å²) in [7, 11) is -3.80. The molecule has 1 aromatic carbocycles. The fourth-order valence-electron chi connectivity index (χ4n) is 1.75. The van der Waals surface area contributed by atoms with Crippen LogP contribution in [0.4, 0.5) is 18.3 Å². The van der Waals surface area contributed by atoms with Gasteiger partial charge in [-0.25, -0.2) is 13.4 Å². The van der Waals surface area contributed by atoms with E-state index in [1.807, 2.05) is 0 Å². The first-order chi connectivity index (χ1) is 11.1. The molecule has 1 N–H and O–H groups in total. The Labute approximate surface area is 150 Å². The number of hydrogen-bond donors (Lipinski definition) is 1. The standard InChI is InChI=1S/C12H6BrF3N2O3S3/c13-9-3-4-10(23-9)24(19,20)18-11-17-7-2-1-6(5-8(7)22-11)21-12(14,15)16/h1-5H,(H,17,18). The van der Waals surface area contributed by atoms with Gasteiger partial charge in [0.1, 0.15) is 9.96 Å². The van der Waals surface area contributed by atoms with E-state index in [0.717, 1.165) is 34.8 Å². The summed E-state index contributed by atoms with van der Waals surface area (Å²) in [5.41, 5.74) is 0.361. The van der Waals surface area contributed by atoms with E-state index in [0.29, 0.717) is 14.0 Å². The van der Waals surface area contributed by atoms with Crippen LogP contribution in [0, 0.1) is 0 Å². The van der Waals surface area contributed by atoms with Crippen LogP contribution >= 0.6 is 38.6 Å². The number of anilines is 1. The van der Waals surface area contributed by atoms with Crippen LogP contribution in [-0.2, 0) is 10.0 Å². The Morgan fingerprint density at radius 3 is 2.54 bits per heavy atom. The molecule has 12 heteroatoms. The van der Waals surface area contributed by atoms with E-state index in [9.17, 15) is 21.6 Å². The number of benzene rings is 1. The first-order valence-electron chi connectivity index (χ1n) is 6.07. The summed E-state index contributed by atoms with van der Waals surface area (Å²) in [5, 5.41) is 0.0543. The van der Waals surface area contributed by atoms with Crippen LogP contribution in [-0.4, -0.2) is 19.8 Å². The van der Waals surface area contributed by atoms with Gasteiger partial charge in [0.2, 0.25) is 0 Å². The first kappa shape index (κ1) is 17.5. The van der Waals surface area contributed by atoms with Crippen molar-refractivity contribution >= 4 is 64.0 Å². The number of halogens is 4. The maximum absolute atomic E-state index is 12.2. The lowest BCUT2D eigenvalue weighted by atomic mass is 10.3. The molecule has 3 rings (SSSR count). The molecule has 0 aliphatic heterocycles. The van der Waals surface area contributed by atoms with E-state index in [2.05, 4.69) is 30.4 Å². The molecular weight excluding hydrogens is 453 g/mol. The highest BCUT2D eigenvalue weighted by Gasteiger charge is 2.31. The van der Waals surface area contributed by atoms with Crippen LogP contribution in [0.25, 0.3) is 10.2 Å². The fraction of sp³-hybridized carbons (Fsp3) is 0.0833. The number of alkyl halides is 3. The summed E-state index contributed by atoms with van der Waals surface area (Å²) in [5.74, 6) is -0.393. The van der Waals surface area contributed by atoms with E-state index in [-0.39, 0.29) is 9.34 Å². The summed E-state index contributed by atoms with van der Waals surface area (Å²) in [6, 6.07) is 6.62. The van der Waals surface area contributed by atoms with Crippen LogP contribution in [0.5, 0.6) is 5.75 Å². The number of ether oxygens (including phenoxy) is 1. The molecule has 0 saturated heterocycles. The van der Waals surface area contributed by atoms with Crippen LogP contribution in [0.2, 0.25) is 0 Å². The van der Waals surface area contributed by atoms with E-state index < -0.39 is 22.1 Å². The maximum Gasteiger partial charge on any atom is 0.573 e. The third-order valence-electron chi connectivity index (χ3n) is 2.63. The van der Waals surface area contributed by atoms with Crippen LogP contribution in [0.3, 0.4) is 0 Å². The number of nitrogens with zero attached hydrogens (tertiary/aromatic N) is 1. The molecule has 2 heterocycles. The quantitative estimate of drug-likeness (QED) is 0.608. The summed E-state index contributed by atoms with van der Waals surface area (Å²) < 4.78 is 68.4. The van der Waals surface area contributed by atoms with Crippen molar-refractivity contribution in [3.05, 3.63) is 34.1 Å². The summed E-state index contributed by atoms with van der Waals surface area (Å²) in [6.45, 7) is 0. The normalized spacial score (nSPS) is 12.5. The van der Waals surface area contributed by atoms with Crippen LogP contribution in [0.15, 0.2) is 38.3 Å². The van der Waals surface area contributed by atoms with Crippen molar-refractivity contribution in [2.45, 2.75) is 10.6 Å². The van der Waals surface area contributed by atoms with Crippen molar-refractivity contribution < 1.29 is 26.3 Å². The highest BCUT2D eigenvalue weighted by molar-refractivity contribution is 9.11. The molecule has 0 atom stereocenters. The van der Waals surface area contributed by atoms with Crippen molar-refractivity contribution in [3.63, 3.8) is 0 Å². The monoisotopic (exact) mass is 458 g/mol. The Hall–Kier alpha value is -1.37. The number of aromatic nitrogens is 1. The number of fused-ring (bicyclic) bond motifs is 1. The smallest absolute Gasteiger partial charge is 0.406 e. The summed E-state index contributed by atoms with van der Waals surface area (Å²) in [4.78, 5) is 4.05. The van der Waals surface area contributed by atoms with E-state index in [4.69, 9.17) is 0 Å². The van der Waals surface area contributed by atoms with Gasteiger partial charge < -0.3 is 4.74 Å². The molecule has 0 unspecified atom stereocenters. The van der Waals surface area contributed by atoms with Crippen molar-refractivity contribution in [2.75, 3.05) is 4.72 Å². The zero-order valence-corrected chi connectivity index (χ0v) is 15.3. The minimum absolute atomic E-state index is 0.0543. The first-order valence-corrected chi connectivity index (χ1v) is 9.98. The van der Waals surface area contributed by atoms with Gasteiger partial charge in [-0.2, -0.15) is 0 Å². The van der Waals surface area contributed by atoms with Gasteiger partial charge >= 0.3 is 6.36 Å². The van der Waals surface area contributed by atoms with E-state index in [1.165, 1.54) is 12.1 Å². The van der Waals surface area contributed by atoms with Crippen LogP contribution in [0.1, 0.15) is 0 Å². The van der Waals surface area contributed by atoms with E-state index >= 15 is 0 Å². The molecule has 24 heavy (non-hydrogen) atoms. The van der Waals surface area contributed by atoms with Gasteiger partial charge in [0.15, 0.2) is 5.13 Å². The molecule has 5 nitrogen and oxygen atoms in total. The second-order valence-electron chi connectivity index (χ2n) is 4.36. The average molecular weight is 459 g/mol. The second-order valence-corrected chi connectivity index (χ2v) is 9.76. The zero-order chi connectivity index (χ0) is 17.5. The van der Waals surface area contributed by atoms with Crippen LogP contribution < -0.4 is 9.46 Å². The SMILES string of the molecule is O=S(=O)(Nc1nc2ccc(OC(F)(F)F)cc2s1)c1ccc(Br)s1. The molecule has 0 aliphatic carbocycles. The van der Waals surface area contributed by atoms with Crippen molar-refractivity contribution in [2.24, 2.45) is 0 Å². The van der Waals surface area contributed by atoms with Gasteiger partial charge in [-0.3, -0.25) is 4.72 Å². The third kappa shape index (κ3) is 3.99. The molecule has 0 saturated carbocycles. The molecule has 128 valence electrons. The summed E-state index contributed by atoms with van der Waals surface area (Å²) >= 11 is 5.12. The Bertz CT molecular complexity index is 998. The Morgan fingerprint density at radius 1 is 1.17 bits per heavy atom. The lowest BCUT2D eigenvalue weighted by molar-refractivity contribution is -0.274. The highest BCUT2D eigenvalue weighted by atomic mass is 79.9. The number of thiophene rings is 1. The number of thiazole rings is 1. The van der Waals surface area contributed by atoms with Gasteiger partial charge in [-0.15, -0.1) is 24.5 Å². The topological polar surface area (TPSA) is 68.3 Å². The molecule has 0 spiro atoms. The van der Waals surface area contributed by atoms with Crippen molar-refractivity contribution in [3.8, 4) is 5.75 Å². The third-order valence-corrected chi connectivity index (χ3v) is 7.15. The number of hydrogen-bond acceptors (Lipinski definition) is 6. The highest BCUT2D eigenvalue weighted by Crippen LogP contribution is 2.33. The van der Waals surface area contributed by atoms with Gasteiger partial charge in [0, 0.05) is 6.07 Å².